The van der Waals surface area contributed by atoms with Crippen LogP contribution in [0.5, 0.6) is 0 Å². The molecule has 2 heterocycles. The van der Waals surface area contributed by atoms with E-state index in [2.05, 4.69) is 16.9 Å². The van der Waals surface area contributed by atoms with Gasteiger partial charge in [-0.3, -0.25) is 19.2 Å². The topological polar surface area (TPSA) is 126 Å². The van der Waals surface area contributed by atoms with E-state index in [0.29, 0.717) is 24.0 Å². The monoisotopic (exact) mass is 570 g/mol. The molecule has 1 saturated heterocycles. The minimum Gasteiger partial charge on any atom is -0.450 e. The molecule has 1 amide bonds. The van der Waals surface area contributed by atoms with E-state index in [1.165, 1.54) is 6.92 Å². The van der Waals surface area contributed by atoms with Crippen LogP contribution >= 0.6 is 0 Å². The number of rotatable bonds is 3. The molecule has 8 nitrogen and oxygen atoms in total. The van der Waals surface area contributed by atoms with Crippen LogP contribution in [-0.2, 0) is 30.3 Å². The molecule has 3 N–H and O–H groups in total. The number of hydrogen-bond donors (Lipinski definition) is 3. The third-order valence-electron chi connectivity index (χ3n) is 9.30. The highest BCUT2D eigenvalue weighted by molar-refractivity contribution is 6.15. The van der Waals surface area contributed by atoms with E-state index in [4.69, 9.17) is 4.74 Å². The summed E-state index contributed by atoms with van der Waals surface area (Å²) in [7, 11) is 0. The fraction of sp³-hybridized carbons (Fsp3) is 0.412. The summed E-state index contributed by atoms with van der Waals surface area (Å²) in [5.74, 6) is -4.07. The Kier molecular flexibility index (Phi) is 7.94. The number of benzene rings is 1. The second-order valence-corrected chi connectivity index (χ2v) is 12.0. The number of aromatic amines is 1. The Bertz CT molecular complexity index is 1550. The van der Waals surface area contributed by atoms with Crippen LogP contribution in [-0.4, -0.2) is 51.8 Å². The van der Waals surface area contributed by atoms with Crippen LogP contribution in [0.25, 0.3) is 10.9 Å². The zero-order chi connectivity index (χ0) is 30.3. The van der Waals surface area contributed by atoms with Gasteiger partial charge in [-0.25, -0.2) is 0 Å². The van der Waals surface area contributed by atoms with Crippen molar-refractivity contribution in [3.63, 3.8) is 0 Å². The molecule has 2 fully saturated rings. The fourth-order valence-electron chi connectivity index (χ4n) is 7.32. The lowest BCUT2D eigenvalue weighted by atomic mass is 9.52. The molecular formula is C34H38N2O6. The number of aliphatic hydroxyl groups is 1. The number of nitrogens with one attached hydrogen (secondary N) is 2. The predicted octanol–water partition coefficient (Wildman–Crippen LogP) is 4.16. The van der Waals surface area contributed by atoms with Crippen molar-refractivity contribution in [3.8, 4) is 0 Å². The fourth-order valence-corrected chi connectivity index (χ4v) is 7.32. The molecule has 5 rings (SSSR count). The van der Waals surface area contributed by atoms with Gasteiger partial charge in [0, 0.05) is 41.9 Å². The number of aliphatic hydroxyl groups excluding tert-OH is 1. The number of ketones is 2. The summed E-state index contributed by atoms with van der Waals surface area (Å²) in [6.45, 7) is 11.0. The Hall–Kier alpha value is -4.04. The Balaban J connectivity index is 1.62. The van der Waals surface area contributed by atoms with E-state index >= 15 is 0 Å². The molecule has 1 saturated carbocycles. The maximum atomic E-state index is 14.3. The van der Waals surface area contributed by atoms with Gasteiger partial charge in [-0.1, -0.05) is 56.9 Å². The number of esters is 1. The van der Waals surface area contributed by atoms with Gasteiger partial charge >= 0.3 is 5.97 Å². The Morgan fingerprint density at radius 2 is 1.90 bits per heavy atom. The van der Waals surface area contributed by atoms with Gasteiger partial charge in [-0.05, 0) is 66.5 Å². The molecule has 42 heavy (non-hydrogen) atoms. The molecule has 0 radical (unpaired) electrons. The molecule has 0 bridgehead atoms. The number of fused-ring (bicyclic) bond motifs is 1. The van der Waals surface area contributed by atoms with Crippen molar-refractivity contribution in [2.24, 2.45) is 29.1 Å². The van der Waals surface area contributed by atoms with E-state index in [9.17, 15) is 24.3 Å². The van der Waals surface area contributed by atoms with Crippen LogP contribution in [0.3, 0.4) is 0 Å². The molecule has 8 atom stereocenters. The van der Waals surface area contributed by atoms with Gasteiger partial charge in [0.1, 0.15) is 5.41 Å². The van der Waals surface area contributed by atoms with Crippen molar-refractivity contribution in [1.29, 1.82) is 0 Å². The molecule has 0 unspecified atom stereocenters. The quantitative estimate of drug-likeness (QED) is 0.289. The minimum atomic E-state index is -1.67. The lowest BCUT2D eigenvalue weighted by Crippen LogP contribution is -2.58. The first-order valence-corrected chi connectivity index (χ1v) is 14.5. The molecule has 1 spiro atoms. The lowest BCUT2D eigenvalue weighted by molar-refractivity contribution is -0.149. The van der Waals surface area contributed by atoms with Crippen molar-refractivity contribution in [2.45, 2.75) is 58.8 Å². The highest BCUT2D eigenvalue weighted by Crippen LogP contribution is 2.56. The zero-order valence-electron chi connectivity index (χ0n) is 24.4. The van der Waals surface area contributed by atoms with Gasteiger partial charge in [0.05, 0.1) is 6.10 Å². The average molecular weight is 571 g/mol. The Morgan fingerprint density at radius 3 is 2.64 bits per heavy atom. The summed E-state index contributed by atoms with van der Waals surface area (Å²) in [5.41, 5.74) is 1.44. The molecule has 3 aliphatic rings. The number of carbonyl (C=O) groups is 4. The largest absolute Gasteiger partial charge is 0.450 e. The van der Waals surface area contributed by atoms with Crippen LogP contribution < -0.4 is 5.32 Å². The van der Waals surface area contributed by atoms with Crippen molar-refractivity contribution in [3.05, 3.63) is 84.1 Å². The standard InChI is InChI=1S/C34H38N2O6/c1-18-9-8-11-25-31(40)21(4)20(3)30-27(16-23-17-35-26-12-7-6-10-24(23)26)36-33(41)34(25,30)29(39)14-13-28(38)32(19(2)15-18)42-22(5)37/h6-8,10-15,17-18,20,25,27,30-32,35,40H,4,9,16H2,1-3,5H3,(H,36,41)/b11-8+,14-13-,19-15+/t18-,20+,25-,27-,30-,31+,32+,34+/m1/s1. The van der Waals surface area contributed by atoms with Gasteiger partial charge in [0.15, 0.2) is 11.9 Å². The second kappa shape index (κ2) is 11.3. The van der Waals surface area contributed by atoms with E-state index in [1.54, 1.807) is 13.0 Å². The summed E-state index contributed by atoms with van der Waals surface area (Å²) in [5, 5.41) is 15.7. The van der Waals surface area contributed by atoms with Gasteiger partial charge in [0.25, 0.3) is 0 Å². The first kappa shape index (κ1) is 29.5. The number of aromatic nitrogens is 1. The number of H-pyrrole nitrogens is 1. The molecule has 1 aliphatic heterocycles. The average Bonchev–Trinajstić information content (AvgIpc) is 3.49. The predicted molar refractivity (Wildman–Crippen MR) is 159 cm³/mol. The summed E-state index contributed by atoms with van der Waals surface area (Å²) in [6.07, 6.45) is 8.34. The van der Waals surface area contributed by atoms with E-state index in [1.807, 2.05) is 56.5 Å². The third kappa shape index (κ3) is 4.87. The smallest absolute Gasteiger partial charge is 0.303 e. The molecule has 8 heteroatoms. The summed E-state index contributed by atoms with van der Waals surface area (Å²) >= 11 is 0. The molecule has 1 aromatic heterocycles. The van der Waals surface area contributed by atoms with Crippen LogP contribution in [0, 0.1) is 29.1 Å². The van der Waals surface area contributed by atoms with Crippen LogP contribution in [0.4, 0.5) is 0 Å². The minimum absolute atomic E-state index is 0.0471. The SMILES string of the molecule is C=C1[C@H](C)[C@@H]2[C@@H](Cc3c[nH]c4ccccc34)NC(=O)[C@@]23C(=O)/C=C\C(=O)[C@@H](OC(C)=O)/C(C)=C/[C@H](C)C/C=C/[C@@H]3[C@H]1O. The van der Waals surface area contributed by atoms with Gasteiger partial charge in [-0.2, -0.15) is 0 Å². The number of ether oxygens (including phenoxy) is 1. The van der Waals surface area contributed by atoms with Crippen LogP contribution in [0.1, 0.15) is 39.7 Å². The van der Waals surface area contributed by atoms with Gasteiger partial charge in [0.2, 0.25) is 11.7 Å². The Labute approximate surface area is 245 Å². The highest BCUT2D eigenvalue weighted by atomic mass is 16.5. The molecule has 1 aromatic carbocycles. The Morgan fingerprint density at radius 1 is 1.17 bits per heavy atom. The summed E-state index contributed by atoms with van der Waals surface area (Å²) in [4.78, 5) is 56.9. The normalized spacial score (nSPS) is 36.4. The van der Waals surface area contributed by atoms with Crippen molar-refractivity contribution in [2.75, 3.05) is 0 Å². The maximum absolute atomic E-state index is 14.3. The maximum Gasteiger partial charge on any atom is 0.303 e. The number of allylic oxidation sites excluding steroid dienone is 3. The van der Waals surface area contributed by atoms with E-state index in [0.717, 1.165) is 28.6 Å². The van der Waals surface area contributed by atoms with Crippen molar-refractivity contribution < 1.29 is 29.0 Å². The number of para-hydroxylation sites is 1. The number of amides is 1. The zero-order valence-corrected chi connectivity index (χ0v) is 24.4. The van der Waals surface area contributed by atoms with Crippen LogP contribution in [0.2, 0.25) is 0 Å². The van der Waals surface area contributed by atoms with E-state index in [-0.39, 0.29) is 11.8 Å². The van der Waals surface area contributed by atoms with Crippen molar-refractivity contribution >= 4 is 34.3 Å². The molecule has 220 valence electrons. The van der Waals surface area contributed by atoms with Gasteiger partial charge < -0.3 is 20.1 Å². The van der Waals surface area contributed by atoms with E-state index < -0.39 is 58.9 Å². The highest BCUT2D eigenvalue weighted by Gasteiger charge is 2.68. The second-order valence-electron chi connectivity index (χ2n) is 12.0. The molecule has 2 aromatic rings. The molecular weight excluding hydrogens is 532 g/mol. The van der Waals surface area contributed by atoms with Crippen molar-refractivity contribution in [1.82, 2.24) is 10.3 Å². The summed E-state index contributed by atoms with van der Waals surface area (Å²) in [6, 6.07) is 7.48. The third-order valence-corrected chi connectivity index (χ3v) is 9.30. The number of hydrogen-bond acceptors (Lipinski definition) is 6. The number of carbonyl (C=O) groups excluding carboxylic acids is 4. The van der Waals surface area contributed by atoms with Crippen LogP contribution in [0.15, 0.2) is 78.6 Å². The van der Waals surface area contributed by atoms with Gasteiger partial charge in [-0.15, -0.1) is 0 Å². The first-order valence-electron chi connectivity index (χ1n) is 14.5. The lowest BCUT2D eigenvalue weighted by Gasteiger charge is -2.48. The molecule has 2 aliphatic carbocycles. The first-order chi connectivity index (χ1) is 20.0. The summed E-state index contributed by atoms with van der Waals surface area (Å²) < 4.78 is 5.34.